The van der Waals surface area contributed by atoms with Gasteiger partial charge < -0.3 is 40.9 Å². The van der Waals surface area contributed by atoms with Crippen molar-refractivity contribution in [3.63, 3.8) is 0 Å². The van der Waals surface area contributed by atoms with E-state index in [1.807, 2.05) is 12.1 Å². The summed E-state index contributed by atoms with van der Waals surface area (Å²) < 4.78 is 0. The molecule has 5 rings (SSSR count). The third-order valence-electron chi connectivity index (χ3n) is 6.23. The van der Waals surface area contributed by atoms with E-state index in [1.165, 1.54) is 36.4 Å². The first kappa shape index (κ1) is 39.1. The SMILES string of the molecule is C=C(/C=C/c1ccc(O)cc1)/C=C(O)\C=C\O.C=Cc1ccc(O)cc1.O=C/C=C/c1ccc2cc(O)cc(O)c2c1.Oc1cccc(O)c1. The van der Waals surface area contributed by atoms with Crippen LogP contribution in [0.15, 0.2) is 158 Å². The average Bonchev–Trinajstić information content (AvgIpc) is 3.08. The van der Waals surface area contributed by atoms with Crippen LogP contribution in [0.2, 0.25) is 0 Å². The van der Waals surface area contributed by atoms with Crippen molar-refractivity contribution in [2.75, 3.05) is 0 Å². The van der Waals surface area contributed by atoms with E-state index < -0.39 is 0 Å². The van der Waals surface area contributed by atoms with E-state index in [9.17, 15) is 20.1 Å². The molecule has 5 aromatic carbocycles. The Labute approximate surface area is 289 Å². The van der Waals surface area contributed by atoms with Crippen LogP contribution in [0.4, 0.5) is 0 Å². The zero-order valence-corrected chi connectivity index (χ0v) is 26.9. The number of phenolic OH excluding ortho intramolecular Hbond substituents is 6. The molecule has 0 saturated heterocycles. The Morgan fingerprint density at radius 2 is 1.18 bits per heavy atom. The number of carbonyl (C=O) groups excluding carboxylic acids is 1. The molecule has 0 saturated carbocycles. The van der Waals surface area contributed by atoms with E-state index in [4.69, 9.17) is 25.5 Å². The zero-order valence-electron chi connectivity index (χ0n) is 26.9. The van der Waals surface area contributed by atoms with Gasteiger partial charge in [-0.2, -0.15) is 0 Å². The summed E-state index contributed by atoms with van der Waals surface area (Å²) in [6, 6.07) is 27.6. The van der Waals surface area contributed by atoms with Crippen LogP contribution in [0.5, 0.6) is 34.5 Å². The van der Waals surface area contributed by atoms with Crippen LogP contribution in [0.25, 0.3) is 29.0 Å². The van der Waals surface area contributed by atoms with Gasteiger partial charge in [-0.1, -0.05) is 79.9 Å². The second-order valence-electron chi connectivity index (χ2n) is 10.1. The smallest absolute Gasteiger partial charge is 0.142 e. The number of hydrogen-bond acceptors (Lipinski definition) is 9. The summed E-state index contributed by atoms with van der Waals surface area (Å²) in [6.07, 6.45) is 12.3. The minimum atomic E-state index is -0.0761. The predicted molar refractivity (Wildman–Crippen MR) is 199 cm³/mol. The fourth-order valence-corrected chi connectivity index (χ4v) is 3.85. The third-order valence-corrected chi connectivity index (χ3v) is 6.23. The van der Waals surface area contributed by atoms with Crippen LogP contribution in [0.1, 0.15) is 16.7 Å². The molecule has 0 aromatic heterocycles. The molecular weight excluding hydrogens is 636 g/mol. The number of benzene rings is 5. The highest BCUT2D eigenvalue weighted by atomic mass is 16.3. The van der Waals surface area contributed by atoms with Gasteiger partial charge in [0.05, 0.1) is 6.26 Å². The van der Waals surface area contributed by atoms with Gasteiger partial charge in [0, 0.05) is 23.6 Å². The Balaban J connectivity index is 0.000000242. The minimum Gasteiger partial charge on any atom is -0.515 e. The highest BCUT2D eigenvalue weighted by molar-refractivity contribution is 5.91. The quantitative estimate of drug-likeness (QED) is 0.0362. The maximum Gasteiger partial charge on any atom is 0.142 e. The third kappa shape index (κ3) is 15.0. The molecule has 256 valence electrons. The summed E-state index contributed by atoms with van der Waals surface area (Å²) in [5.74, 6) is 0.660. The Morgan fingerprint density at radius 1 is 0.600 bits per heavy atom. The highest BCUT2D eigenvalue weighted by Crippen LogP contribution is 2.30. The molecule has 8 N–H and O–H groups in total. The van der Waals surface area contributed by atoms with Gasteiger partial charge in [0.1, 0.15) is 46.5 Å². The summed E-state index contributed by atoms with van der Waals surface area (Å²) in [5.41, 5.74) is 3.34. The molecule has 9 heteroatoms. The van der Waals surface area contributed by atoms with Crippen molar-refractivity contribution in [1.29, 1.82) is 0 Å². The van der Waals surface area contributed by atoms with Crippen molar-refractivity contribution in [2.24, 2.45) is 0 Å². The minimum absolute atomic E-state index is 0.0244. The standard InChI is InChI=1S/C14H14O3.C13H10O3.C8H8O.C6H6O2/c1-11(10-14(17)8-9-15)2-3-12-4-6-13(16)7-5-12;14-5-1-2-9-3-4-10-7-11(15)8-13(16)12(10)6-9;1-2-7-3-5-8(9)6-4-7;7-5-2-1-3-6(8)4-5/h2-10,15-17H,1H2;1-8,15-16H;2-6,9H,1H2;1-4,7-8H/b3-2+,9-8+,14-10+;2-1+;;. The van der Waals surface area contributed by atoms with Gasteiger partial charge in [-0.15, -0.1) is 0 Å². The van der Waals surface area contributed by atoms with E-state index in [2.05, 4.69) is 13.2 Å². The fourth-order valence-electron chi connectivity index (χ4n) is 3.85. The molecule has 0 unspecified atom stereocenters. The van der Waals surface area contributed by atoms with Gasteiger partial charge in [-0.25, -0.2) is 0 Å². The molecule has 0 fully saturated rings. The number of carbonyl (C=O) groups is 1. The Hall–Kier alpha value is -7.13. The van der Waals surface area contributed by atoms with Crippen molar-refractivity contribution in [1.82, 2.24) is 0 Å². The molecule has 0 heterocycles. The van der Waals surface area contributed by atoms with Crippen molar-refractivity contribution in [2.45, 2.75) is 0 Å². The predicted octanol–water partition coefficient (Wildman–Crippen LogP) is 9.07. The first-order chi connectivity index (χ1) is 23.9. The second kappa shape index (κ2) is 20.9. The maximum absolute atomic E-state index is 10.2. The normalized spacial score (nSPS) is 10.8. The van der Waals surface area contributed by atoms with Crippen molar-refractivity contribution in [3.8, 4) is 34.5 Å². The first-order valence-electron chi connectivity index (χ1n) is 14.8. The molecule has 0 spiro atoms. The Bertz CT molecular complexity index is 1950. The lowest BCUT2D eigenvalue weighted by atomic mass is 10.1. The molecule has 0 bridgehead atoms. The number of hydrogen-bond donors (Lipinski definition) is 8. The van der Waals surface area contributed by atoms with E-state index in [1.54, 1.807) is 91.0 Å². The van der Waals surface area contributed by atoms with Gasteiger partial charge in [-0.05, 0) is 88.3 Å². The summed E-state index contributed by atoms with van der Waals surface area (Å²) >= 11 is 0. The Morgan fingerprint density at radius 3 is 1.70 bits per heavy atom. The molecule has 0 radical (unpaired) electrons. The van der Waals surface area contributed by atoms with E-state index in [0.29, 0.717) is 23.0 Å². The van der Waals surface area contributed by atoms with Crippen molar-refractivity contribution < 1.29 is 45.6 Å². The van der Waals surface area contributed by atoms with Gasteiger partial charge in [-0.3, -0.25) is 4.79 Å². The summed E-state index contributed by atoms with van der Waals surface area (Å²) in [6.45, 7) is 7.30. The van der Waals surface area contributed by atoms with Crippen LogP contribution in [-0.4, -0.2) is 47.1 Å². The molecule has 9 nitrogen and oxygen atoms in total. The largest absolute Gasteiger partial charge is 0.515 e. The maximum atomic E-state index is 10.2. The summed E-state index contributed by atoms with van der Waals surface area (Å²) in [4.78, 5) is 10.2. The average molecular weight is 675 g/mol. The number of aromatic hydroxyl groups is 6. The van der Waals surface area contributed by atoms with E-state index in [0.717, 1.165) is 34.4 Å². The number of aldehydes is 1. The second-order valence-corrected chi connectivity index (χ2v) is 10.1. The Kier molecular flexibility index (Phi) is 16.3. The molecule has 0 amide bonds. The first-order valence-corrected chi connectivity index (χ1v) is 14.8. The molecule has 0 aliphatic carbocycles. The molecular formula is C41H38O9. The molecule has 5 aromatic rings. The fraction of sp³-hybridized carbons (Fsp3) is 0. The van der Waals surface area contributed by atoms with Crippen LogP contribution in [0, 0.1) is 0 Å². The number of fused-ring (bicyclic) bond motifs is 1. The van der Waals surface area contributed by atoms with Crippen molar-refractivity contribution in [3.05, 3.63) is 175 Å². The van der Waals surface area contributed by atoms with Crippen molar-refractivity contribution >= 4 is 35.3 Å². The zero-order chi connectivity index (χ0) is 36.9. The lowest BCUT2D eigenvalue weighted by molar-refractivity contribution is -0.104. The van der Waals surface area contributed by atoms with Gasteiger partial charge in [0.25, 0.3) is 0 Å². The molecule has 0 aliphatic heterocycles. The number of allylic oxidation sites excluding steroid dienone is 5. The summed E-state index contributed by atoms with van der Waals surface area (Å²) in [7, 11) is 0. The van der Waals surface area contributed by atoms with Crippen LogP contribution in [0.3, 0.4) is 0 Å². The summed E-state index contributed by atoms with van der Waals surface area (Å²) in [5, 5.41) is 73.2. The number of aliphatic hydroxyl groups excluding tert-OH is 2. The molecule has 0 atom stereocenters. The molecule has 50 heavy (non-hydrogen) atoms. The lowest BCUT2D eigenvalue weighted by Crippen LogP contribution is -1.78. The van der Waals surface area contributed by atoms with Gasteiger partial charge in [0.2, 0.25) is 0 Å². The van der Waals surface area contributed by atoms with Crippen LogP contribution in [-0.2, 0) is 4.79 Å². The monoisotopic (exact) mass is 674 g/mol. The topological polar surface area (TPSA) is 179 Å². The van der Waals surface area contributed by atoms with Crippen LogP contribution >= 0.6 is 0 Å². The van der Waals surface area contributed by atoms with E-state index >= 15 is 0 Å². The van der Waals surface area contributed by atoms with Gasteiger partial charge in [0.15, 0.2) is 0 Å². The number of aliphatic hydroxyl groups is 2. The van der Waals surface area contributed by atoms with E-state index in [-0.39, 0.29) is 34.5 Å². The van der Waals surface area contributed by atoms with Crippen LogP contribution < -0.4 is 0 Å². The highest BCUT2D eigenvalue weighted by Gasteiger charge is 2.02. The molecule has 0 aliphatic rings. The number of rotatable bonds is 7. The van der Waals surface area contributed by atoms with Gasteiger partial charge >= 0.3 is 0 Å². The lowest BCUT2D eigenvalue weighted by Gasteiger charge is -2.03. The number of phenols is 6.